The largest absolute Gasteiger partial charge is 0.396 e. The van der Waals surface area contributed by atoms with Crippen LogP contribution in [0.4, 0.5) is 10.5 Å². The second kappa shape index (κ2) is 6.40. The number of para-hydroxylation sites is 1. The minimum Gasteiger partial charge on any atom is -0.396 e. The van der Waals surface area contributed by atoms with Gasteiger partial charge in [0.2, 0.25) is 0 Å². The van der Waals surface area contributed by atoms with Gasteiger partial charge in [0.1, 0.15) is 0 Å². The number of nitrogens with zero attached hydrogens (tertiary/aromatic N) is 2. The molecule has 0 radical (unpaired) electrons. The van der Waals surface area contributed by atoms with Crippen LogP contribution < -0.4 is 10.2 Å². The molecule has 0 aromatic heterocycles. The first-order valence-corrected chi connectivity index (χ1v) is 8.44. The molecule has 0 saturated heterocycles. The van der Waals surface area contributed by atoms with Crippen molar-refractivity contribution in [3.63, 3.8) is 0 Å². The second-order valence-electron chi connectivity index (χ2n) is 7.17. The van der Waals surface area contributed by atoms with Crippen LogP contribution in [-0.4, -0.2) is 56.4 Å². The van der Waals surface area contributed by atoms with Crippen molar-refractivity contribution < 1.29 is 9.90 Å². The van der Waals surface area contributed by atoms with Crippen molar-refractivity contribution in [3.8, 4) is 0 Å². The first-order chi connectivity index (χ1) is 11.0. The molecule has 2 aliphatic rings. The van der Waals surface area contributed by atoms with E-state index in [1.807, 2.05) is 7.05 Å². The Bertz CT molecular complexity index is 571. The number of rotatable bonds is 5. The lowest BCUT2D eigenvalue weighted by atomic mass is 9.90. The number of urea groups is 1. The van der Waals surface area contributed by atoms with E-state index in [9.17, 15) is 9.90 Å². The van der Waals surface area contributed by atoms with Crippen LogP contribution >= 0.6 is 0 Å². The summed E-state index contributed by atoms with van der Waals surface area (Å²) in [6.07, 6.45) is 3.09. The molecule has 1 aliphatic carbocycles. The third-order valence-corrected chi connectivity index (χ3v) is 5.31. The number of fused-ring (bicyclic) bond motifs is 1. The lowest BCUT2D eigenvalue weighted by Gasteiger charge is -2.33. The number of benzene rings is 1. The molecule has 1 heterocycles. The van der Waals surface area contributed by atoms with Crippen LogP contribution in [0.2, 0.25) is 0 Å². The van der Waals surface area contributed by atoms with Crippen molar-refractivity contribution in [1.29, 1.82) is 0 Å². The van der Waals surface area contributed by atoms with Crippen LogP contribution in [0, 0.1) is 5.41 Å². The third kappa shape index (κ3) is 3.44. The van der Waals surface area contributed by atoms with Gasteiger partial charge in [0, 0.05) is 50.7 Å². The number of nitrogens with one attached hydrogen (secondary N) is 1. The number of aliphatic hydroxyl groups is 1. The van der Waals surface area contributed by atoms with Gasteiger partial charge in [-0.2, -0.15) is 0 Å². The summed E-state index contributed by atoms with van der Waals surface area (Å²) in [6.45, 7) is 2.49. The Morgan fingerprint density at radius 2 is 2.17 bits per heavy atom. The molecule has 5 nitrogen and oxygen atoms in total. The molecule has 2 amide bonds. The zero-order chi connectivity index (χ0) is 16.4. The summed E-state index contributed by atoms with van der Waals surface area (Å²) in [6, 6.07) is 8.40. The highest BCUT2D eigenvalue weighted by molar-refractivity contribution is 5.74. The number of hydrogen-bond acceptors (Lipinski definition) is 3. The molecule has 0 bridgehead atoms. The molecule has 126 valence electrons. The Morgan fingerprint density at radius 3 is 2.87 bits per heavy atom. The molecule has 2 N–H and O–H groups in total. The Kier molecular flexibility index (Phi) is 4.48. The molecule has 1 atom stereocenters. The summed E-state index contributed by atoms with van der Waals surface area (Å²) in [5.41, 5.74) is 2.55. The van der Waals surface area contributed by atoms with Crippen LogP contribution in [0.3, 0.4) is 0 Å². The minimum absolute atomic E-state index is 0.0355. The molecule has 1 saturated carbocycles. The van der Waals surface area contributed by atoms with Crippen molar-refractivity contribution in [2.45, 2.75) is 25.2 Å². The van der Waals surface area contributed by atoms with Crippen LogP contribution in [0.25, 0.3) is 0 Å². The van der Waals surface area contributed by atoms with Gasteiger partial charge in [0.25, 0.3) is 0 Å². The molecule has 1 aromatic rings. The molecule has 3 rings (SSSR count). The predicted molar refractivity (Wildman–Crippen MR) is 91.9 cm³/mol. The van der Waals surface area contributed by atoms with Gasteiger partial charge in [0.05, 0.1) is 6.61 Å². The van der Waals surface area contributed by atoms with Crippen molar-refractivity contribution in [1.82, 2.24) is 10.2 Å². The monoisotopic (exact) mass is 317 g/mol. The maximum absolute atomic E-state index is 12.3. The number of amides is 2. The lowest BCUT2D eigenvalue weighted by molar-refractivity contribution is 0.161. The molecule has 5 heteroatoms. The van der Waals surface area contributed by atoms with E-state index in [1.54, 1.807) is 4.90 Å². The Labute approximate surface area is 138 Å². The number of aliphatic hydroxyl groups excluding tert-OH is 1. The molecule has 0 spiro atoms. The fraction of sp³-hybridized carbons (Fsp3) is 0.611. The first kappa shape index (κ1) is 16.1. The topological polar surface area (TPSA) is 55.8 Å². The Balaban J connectivity index is 1.56. The molecule has 1 unspecified atom stereocenters. The van der Waals surface area contributed by atoms with E-state index in [0.717, 1.165) is 25.8 Å². The minimum atomic E-state index is -0.0406. The van der Waals surface area contributed by atoms with Crippen molar-refractivity contribution >= 4 is 11.7 Å². The predicted octanol–water partition coefficient (Wildman–Crippen LogP) is 2.02. The second-order valence-corrected chi connectivity index (χ2v) is 7.17. The van der Waals surface area contributed by atoms with Gasteiger partial charge in [-0.15, -0.1) is 0 Å². The number of carbonyl (C=O) groups is 1. The standard InChI is InChI=1S/C18H27N3O2/c1-20-10-7-14(15-5-3-4-6-16(15)20)11-19-17(23)21(2)12-18(13-22)8-9-18/h3-6,14,22H,7-13H2,1-2H3,(H,19,23). The van der Waals surface area contributed by atoms with Crippen molar-refractivity contribution in [2.24, 2.45) is 5.41 Å². The fourth-order valence-corrected chi connectivity index (χ4v) is 3.48. The fourth-order valence-electron chi connectivity index (χ4n) is 3.48. The van der Waals surface area contributed by atoms with Gasteiger partial charge >= 0.3 is 6.03 Å². The molecular formula is C18H27N3O2. The highest BCUT2D eigenvalue weighted by Crippen LogP contribution is 2.45. The zero-order valence-corrected chi connectivity index (χ0v) is 14.1. The molecule has 1 fully saturated rings. The van der Waals surface area contributed by atoms with Crippen LogP contribution in [0.5, 0.6) is 0 Å². The average Bonchev–Trinajstić information content (AvgIpc) is 3.34. The van der Waals surface area contributed by atoms with Gasteiger partial charge in [0.15, 0.2) is 0 Å². The van der Waals surface area contributed by atoms with E-state index in [2.05, 4.69) is 41.5 Å². The summed E-state index contributed by atoms with van der Waals surface area (Å²) in [7, 11) is 3.93. The van der Waals surface area contributed by atoms with E-state index >= 15 is 0 Å². The van der Waals surface area contributed by atoms with E-state index in [4.69, 9.17) is 0 Å². The SMILES string of the molecule is CN(CC1(CO)CC1)C(=O)NCC1CCN(C)c2ccccc21. The maximum atomic E-state index is 12.3. The highest BCUT2D eigenvalue weighted by Gasteiger charge is 2.43. The third-order valence-electron chi connectivity index (χ3n) is 5.31. The van der Waals surface area contributed by atoms with Crippen molar-refractivity contribution in [3.05, 3.63) is 29.8 Å². The summed E-state index contributed by atoms with van der Waals surface area (Å²) in [5.74, 6) is 0.368. The first-order valence-electron chi connectivity index (χ1n) is 8.44. The van der Waals surface area contributed by atoms with Gasteiger partial charge in [-0.25, -0.2) is 4.79 Å². The van der Waals surface area contributed by atoms with Crippen LogP contribution in [0.1, 0.15) is 30.7 Å². The molecular weight excluding hydrogens is 290 g/mol. The van der Waals surface area contributed by atoms with Crippen LogP contribution in [0.15, 0.2) is 24.3 Å². The maximum Gasteiger partial charge on any atom is 0.317 e. The molecule has 1 aromatic carbocycles. The van der Waals surface area contributed by atoms with Gasteiger partial charge in [-0.1, -0.05) is 18.2 Å². The summed E-state index contributed by atoms with van der Waals surface area (Å²) >= 11 is 0. The van der Waals surface area contributed by atoms with Gasteiger partial charge in [-0.05, 0) is 30.9 Å². The normalized spacial score (nSPS) is 21.5. The van der Waals surface area contributed by atoms with Gasteiger partial charge in [-0.3, -0.25) is 0 Å². The summed E-state index contributed by atoms with van der Waals surface area (Å²) < 4.78 is 0. The smallest absolute Gasteiger partial charge is 0.317 e. The van der Waals surface area contributed by atoms with Gasteiger partial charge < -0.3 is 20.2 Å². The van der Waals surface area contributed by atoms with E-state index in [-0.39, 0.29) is 18.1 Å². The summed E-state index contributed by atoms with van der Waals surface area (Å²) in [4.78, 5) is 16.3. The molecule has 23 heavy (non-hydrogen) atoms. The highest BCUT2D eigenvalue weighted by atomic mass is 16.3. The Hall–Kier alpha value is -1.75. The number of anilines is 1. The Morgan fingerprint density at radius 1 is 1.43 bits per heavy atom. The van der Waals surface area contributed by atoms with Crippen molar-refractivity contribution in [2.75, 3.05) is 45.2 Å². The lowest BCUT2D eigenvalue weighted by Crippen LogP contribution is -2.43. The molecule has 1 aliphatic heterocycles. The van der Waals surface area contributed by atoms with Crippen LogP contribution in [-0.2, 0) is 0 Å². The summed E-state index contributed by atoms with van der Waals surface area (Å²) in [5, 5.41) is 12.5. The number of hydrogen-bond donors (Lipinski definition) is 2. The average molecular weight is 317 g/mol. The zero-order valence-electron chi connectivity index (χ0n) is 14.1. The number of carbonyl (C=O) groups excluding carboxylic acids is 1. The quantitative estimate of drug-likeness (QED) is 0.873. The van der Waals surface area contributed by atoms with E-state index in [0.29, 0.717) is 19.0 Å². The van der Waals surface area contributed by atoms with E-state index in [1.165, 1.54) is 11.3 Å². The van der Waals surface area contributed by atoms with E-state index < -0.39 is 0 Å².